The molecule has 0 saturated carbocycles. The van der Waals surface area contributed by atoms with Gasteiger partial charge in [-0.25, -0.2) is 0 Å². The molecule has 0 spiro atoms. The predicted octanol–water partition coefficient (Wildman–Crippen LogP) is 1.19. The van der Waals surface area contributed by atoms with Crippen LogP contribution in [0.1, 0.15) is 17.3 Å². The topological polar surface area (TPSA) is 107 Å². The number of nitrogen functional groups attached to an aromatic ring is 1. The number of nitrogens with two attached hydrogens (primary N) is 1. The van der Waals surface area contributed by atoms with E-state index < -0.39 is 4.92 Å². The Labute approximate surface area is 110 Å². The number of nitro benzene ring substituents is 1. The molecule has 0 aromatic heterocycles. The minimum Gasteiger partial charge on any atom is -0.393 e. The lowest BCUT2D eigenvalue weighted by atomic mass is 10.1. The Balaban J connectivity index is 2.72. The molecule has 1 rings (SSSR count). The molecule has 0 bridgehead atoms. The normalized spacial score (nSPS) is 11.9. The first-order chi connectivity index (χ1) is 8.95. The van der Waals surface area contributed by atoms with E-state index in [0.717, 1.165) is 0 Å². The van der Waals surface area contributed by atoms with Crippen LogP contribution in [0.15, 0.2) is 18.2 Å². The Bertz CT molecular complexity index is 476. The van der Waals surface area contributed by atoms with E-state index in [2.05, 4.69) is 5.32 Å². The van der Waals surface area contributed by atoms with Crippen LogP contribution in [0.4, 0.5) is 11.4 Å². The lowest BCUT2D eigenvalue weighted by molar-refractivity contribution is -0.383. The molecule has 19 heavy (non-hydrogen) atoms. The number of carbonyl (C=O) groups is 1. The smallest absolute Gasteiger partial charge is 0.292 e. The third-order valence-corrected chi connectivity index (χ3v) is 2.55. The van der Waals surface area contributed by atoms with Gasteiger partial charge in [0.05, 0.1) is 11.5 Å². The third-order valence-electron chi connectivity index (χ3n) is 2.55. The monoisotopic (exact) mass is 267 g/mol. The fourth-order valence-electron chi connectivity index (χ4n) is 1.56. The zero-order valence-electron chi connectivity index (χ0n) is 10.9. The van der Waals surface area contributed by atoms with Crippen LogP contribution < -0.4 is 11.1 Å². The maximum atomic E-state index is 11.8. The first-order valence-corrected chi connectivity index (χ1v) is 5.76. The summed E-state index contributed by atoms with van der Waals surface area (Å²) in [6, 6.07) is 3.98. The molecule has 0 aliphatic carbocycles. The van der Waals surface area contributed by atoms with Crippen molar-refractivity contribution in [1.29, 1.82) is 0 Å². The van der Waals surface area contributed by atoms with Crippen molar-refractivity contribution in [3.8, 4) is 0 Å². The van der Waals surface area contributed by atoms with Crippen molar-refractivity contribution in [3.05, 3.63) is 33.9 Å². The number of methoxy groups -OCH3 is 1. The van der Waals surface area contributed by atoms with Gasteiger partial charge in [0.2, 0.25) is 0 Å². The van der Waals surface area contributed by atoms with E-state index in [9.17, 15) is 14.9 Å². The molecule has 0 saturated heterocycles. The van der Waals surface area contributed by atoms with Crippen LogP contribution in [0.2, 0.25) is 0 Å². The van der Waals surface area contributed by atoms with E-state index in [0.29, 0.717) is 13.2 Å². The first kappa shape index (κ1) is 14.9. The van der Waals surface area contributed by atoms with Gasteiger partial charge in [-0.1, -0.05) is 6.92 Å². The average Bonchev–Trinajstić information content (AvgIpc) is 2.36. The van der Waals surface area contributed by atoms with E-state index in [1.54, 1.807) is 7.11 Å². The molecule has 0 radical (unpaired) electrons. The Kier molecular flexibility index (Phi) is 5.25. The molecule has 1 amide bonds. The van der Waals surface area contributed by atoms with E-state index in [1.165, 1.54) is 18.2 Å². The summed E-state index contributed by atoms with van der Waals surface area (Å²) >= 11 is 0. The highest BCUT2D eigenvalue weighted by atomic mass is 16.6. The van der Waals surface area contributed by atoms with Crippen LogP contribution in [0.5, 0.6) is 0 Å². The Morgan fingerprint density at radius 3 is 2.84 bits per heavy atom. The molecule has 1 unspecified atom stereocenters. The maximum Gasteiger partial charge on any atom is 0.292 e. The number of rotatable bonds is 6. The van der Waals surface area contributed by atoms with Crippen LogP contribution >= 0.6 is 0 Å². The molecule has 3 N–H and O–H groups in total. The van der Waals surface area contributed by atoms with Crippen molar-refractivity contribution >= 4 is 17.3 Å². The van der Waals surface area contributed by atoms with Crippen molar-refractivity contribution in [2.75, 3.05) is 26.0 Å². The van der Waals surface area contributed by atoms with Gasteiger partial charge < -0.3 is 15.8 Å². The van der Waals surface area contributed by atoms with E-state index in [1.807, 2.05) is 6.92 Å². The average molecular weight is 267 g/mol. The number of amides is 1. The van der Waals surface area contributed by atoms with Gasteiger partial charge in [0, 0.05) is 25.3 Å². The van der Waals surface area contributed by atoms with Crippen LogP contribution in [-0.2, 0) is 4.74 Å². The second-order valence-corrected chi connectivity index (χ2v) is 4.30. The van der Waals surface area contributed by atoms with Crippen molar-refractivity contribution in [2.24, 2.45) is 5.92 Å². The molecule has 1 atom stereocenters. The summed E-state index contributed by atoms with van der Waals surface area (Å²) in [5.74, 6) is -0.205. The number of ether oxygens (including phenoxy) is 1. The number of anilines is 1. The van der Waals surface area contributed by atoms with Gasteiger partial charge in [-0.15, -0.1) is 0 Å². The van der Waals surface area contributed by atoms with Gasteiger partial charge >= 0.3 is 0 Å². The summed E-state index contributed by atoms with van der Waals surface area (Å²) in [6.07, 6.45) is 0. The highest BCUT2D eigenvalue weighted by Crippen LogP contribution is 2.22. The van der Waals surface area contributed by atoms with Gasteiger partial charge in [0.25, 0.3) is 11.6 Å². The van der Waals surface area contributed by atoms with E-state index in [4.69, 9.17) is 10.5 Å². The van der Waals surface area contributed by atoms with Crippen LogP contribution in [0.3, 0.4) is 0 Å². The largest absolute Gasteiger partial charge is 0.393 e. The Morgan fingerprint density at radius 2 is 2.26 bits per heavy atom. The second-order valence-electron chi connectivity index (χ2n) is 4.30. The summed E-state index contributed by atoms with van der Waals surface area (Å²) in [4.78, 5) is 21.9. The van der Waals surface area contributed by atoms with Gasteiger partial charge in [-0.3, -0.25) is 14.9 Å². The molecule has 0 aliphatic heterocycles. The number of hydrogen-bond acceptors (Lipinski definition) is 5. The van der Waals surface area contributed by atoms with E-state index in [-0.39, 0.29) is 28.8 Å². The number of carbonyl (C=O) groups excluding carboxylic acids is 1. The zero-order chi connectivity index (χ0) is 14.4. The number of hydrogen-bond donors (Lipinski definition) is 2. The summed E-state index contributed by atoms with van der Waals surface area (Å²) in [5, 5.41) is 13.4. The summed E-state index contributed by atoms with van der Waals surface area (Å²) in [6.45, 7) is 2.89. The van der Waals surface area contributed by atoms with Crippen LogP contribution in [-0.4, -0.2) is 31.1 Å². The Morgan fingerprint density at radius 1 is 1.58 bits per heavy atom. The molecule has 104 valence electrons. The van der Waals surface area contributed by atoms with Crippen LogP contribution in [0.25, 0.3) is 0 Å². The molecular formula is C12H17N3O4. The fraction of sp³-hybridized carbons (Fsp3) is 0.417. The minimum absolute atomic E-state index is 0.0364. The quantitative estimate of drug-likeness (QED) is 0.457. The van der Waals surface area contributed by atoms with Crippen molar-refractivity contribution in [3.63, 3.8) is 0 Å². The SMILES string of the molecule is COCC(C)CNC(=O)c1ccc(N)c([N+](=O)[O-])c1. The summed E-state index contributed by atoms with van der Waals surface area (Å²) in [7, 11) is 1.58. The highest BCUT2D eigenvalue weighted by Gasteiger charge is 2.15. The van der Waals surface area contributed by atoms with Crippen molar-refractivity contribution < 1.29 is 14.5 Å². The first-order valence-electron chi connectivity index (χ1n) is 5.76. The lowest BCUT2D eigenvalue weighted by Crippen LogP contribution is -2.29. The maximum absolute atomic E-state index is 11.8. The zero-order valence-corrected chi connectivity index (χ0v) is 10.9. The van der Waals surface area contributed by atoms with E-state index >= 15 is 0 Å². The van der Waals surface area contributed by atoms with Gasteiger partial charge in [-0.05, 0) is 18.1 Å². The van der Waals surface area contributed by atoms with Gasteiger partial charge in [0.15, 0.2) is 0 Å². The molecule has 0 aliphatic rings. The number of nitro groups is 1. The lowest BCUT2D eigenvalue weighted by Gasteiger charge is -2.11. The highest BCUT2D eigenvalue weighted by molar-refractivity contribution is 5.95. The van der Waals surface area contributed by atoms with Gasteiger partial charge in [-0.2, -0.15) is 0 Å². The minimum atomic E-state index is -0.611. The Hall–Kier alpha value is -2.15. The summed E-state index contributed by atoms with van der Waals surface area (Å²) < 4.78 is 4.95. The van der Waals surface area contributed by atoms with Gasteiger partial charge in [0.1, 0.15) is 5.69 Å². The second kappa shape index (κ2) is 6.69. The standard InChI is InChI=1S/C12H17N3O4/c1-8(7-19-2)6-14-12(16)9-3-4-10(13)11(5-9)15(17)18/h3-5,8H,6-7,13H2,1-2H3,(H,14,16). The number of nitrogens with one attached hydrogen (secondary N) is 1. The molecule has 1 aromatic carbocycles. The third kappa shape index (κ3) is 4.22. The number of benzene rings is 1. The molecular weight excluding hydrogens is 250 g/mol. The molecule has 0 fully saturated rings. The molecule has 7 nitrogen and oxygen atoms in total. The summed E-state index contributed by atoms with van der Waals surface area (Å²) in [5.41, 5.74) is 5.45. The molecule has 0 heterocycles. The van der Waals surface area contributed by atoms with Crippen LogP contribution in [0, 0.1) is 16.0 Å². The fourth-order valence-corrected chi connectivity index (χ4v) is 1.56. The van der Waals surface area contributed by atoms with Crippen molar-refractivity contribution in [1.82, 2.24) is 5.32 Å². The van der Waals surface area contributed by atoms with Crippen molar-refractivity contribution in [2.45, 2.75) is 6.92 Å². The molecule has 1 aromatic rings. The predicted molar refractivity (Wildman–Crippen MR) is 70.9 cm³/mol. The number of nitrogens with zero attached hydrogens (tertiary/aromatic N) is 1. The molecule has 7 heteroatoms.